The Morgan fingerprint density at radius 2 is 1.90 bits per heavy atom. The molecule has 0 spiro atoms. The summed E-state index contributed by atoms with van der Waals surface area (Å²) < 4.78 is 4.65. The van der Waals surface area contributed by atoms with Crippen LogP contribution in [0.4, 0.5) is 0 Å². The maximum absolute atomic E-state index is 13.3. The molecule has 2 bridgehead atoms. The van der Waals surface area contributed by atoms with Gasteiger partial charge in [0.05, 0.1) is 25.3 Å². The number of carbonyl (C=O) groups is 5. The minimum absolute atomic E-state index is 0.00580. The predicted octanol–water partition coefficient (Wildman–Crippen LogP) is 0.365. The van der Waals surface area contributed by atoms with Gasteiger partial charge >= 0.3 is 5.97 Å². The van der Waals surface area contributed by atoms with Gasteiger partial charge in [-0.25, -0.2) is 4.79 Å². The second-order valence-corrected chi connectivity index (χ2v) is 9.81. The van der Waals surface area contributed by atoms with Gasteiger partial charge in [0.1, 0.15) is 11.7 Å². The highest BCUT2D eigenvalue weighted by Crippen LogP contribution is 2.14. The third-order valence-electron chi connectivity index (χ3n) is 6.52. The third-order valence-corrected chi connectivity index (χ3v) is 6.52. The maximum Gasteiger partial charge on any atom is 0.339 e. The van der Waals surface area contributed by atoms with E-state index in [-0.39, 0.29) is 24.3 Å². The highest BCUT2D eigenvalue weighted by atomic mass is 16.5. The van der Waals surface area contributed by atoms with Crippen LogP contribution < -0.4 is 16.0 Å². The van der Waals surface area contributed by atoms with Crippen LogP contribution in [0.5, 0.6) is 0 Å². The number of nitrogens with one attached hydrogen (secondary N) is 3. The van der Waals surface area contributed by atoms with Gasteiger partial charge in [0.2, 0.25) is 11.8 Å². The van der Waals surface area contributed by atoms with Gasteiger partial charge in [0.25, 0.3) is 11.8 Å². The molecule has 2 aromatic rings. The van der Waals surface area contributed by atoms with E-state index in [1.165, 1.54) is 37.3 Å². The molecule has 1 aromatic carbocycles. The molecule has 40 heavy (non-hydrogen) atoms. The van der Waals surface area contributed by atoms with Crippen molar-refractivity contribution in [3.05, 3.63) is 64.5 Å². The van der Waals surface area contributed by atoms with Crippen LogP contribution in [0.3, 0.4) is 0 Å². The number of methoxy groups -OCH3 is 1. The molecule has 3 atom stereocenters. The number of aryl methyl sites for hydroxylation is 2. The number of esters is 1. The van der Waals surface area contributed by atoms with E-state index in [0.29, 0.717) is 24.9 Å². The number of aliphatic hydroxyl groups is 1. The van der Waals surface area contributed by atoms with Crippen molar-refractivity contribution >= 4 is 29.6 Å². The van der Waals surface area contributed by atoms with Crippen LogP contribution in [-0.4, -0.2) is 89.5 Å². The minimum atomic E-state index is -1.25. The summed E-state index contributed by atoms with van der Waals surface area (Å²) in [4.78, 5) is 69.1. The fraction of sp³-hybridized carbons (Fsp3) is 0.429. The Kier molecular flexibility index (Phi) is 10.3. The molecule has 1 aliphatic heterocycles. The maximum atomic E-state index is 13.3. The molecular weight excluding hydrogens is 518 g/mol. The van der Waals surface area contributed by atoms with Crippen LogP contribution in [0, 0.1) is 6.92 Å². The van der Waals surface area contributed by atoms with Crippen molar-refractivity contribution in [3.63, 3.8) is 0 Å². The van der Waals surface area contributed by atoms with Gasteiger partial charge in [0.15, 0.2) is 0 Å². The van der Waals surface area contributed by atoms with Crippen molar-refractivity contribution in [2.75, 3.05) is 26.7 Å². The molecule has 0 saturated heterocycles. The SMILES string of the molecule is COC(=O)c1ccc(C(=O)N2CC(=O)NCCCc3cc(ccc3C)C(=O)N[C@@H]([C@@H](C)O)C(=O)N[C@H](C)C2)nc1. The molecule has 0 aliphatic carbocycles. The van der Waals surface area contributed by atoms with Crippen molar-refractivity contribution in [1.29, 1.82) is 0 Å². The normalized spacial score (nSPS) is 19.9. The Balaban J connectivity index is 1.87. The van der Waals surface area contributed by atoms with E-state index in [1.807, 2.05) is 13.0 Å². The number of nitrogens with zero attached hydrogens (tertiary/aromatic N) is 2. The lowest BCUT2D eigenvalue weighted by Crippen LogP contribution is -2.56. The van der Waals surface area contributed by atoms with E-state index >= 15 is 0 Å². The third kappa shape index (κ3) is 7.85. The smallest absolute Gasteiger partial charge is 0.339 e. The first-order chi connectivity index (χ1) is 19.0. The lowest BCUT2D eigenvalue weighted by molar-refractivity contribution is -0.126. The summed E-state index contributed by atoms with van der Waals surface area (Å²) in [6.45, 7) is 4.91. The van der Waals surface area contributed by atoms with E-state index in [4.69, 9.17) is 0 Å². The lowest BCUT2D eigenvalue weighted by Gasteiger charge is -2.28. The second-order valence-electron chi connectivity index (χ2n) is 9.81. The fourth-order valence-corrected chi connectivity index (χ4v) is 4.30. The van der Waals surface area contributed by atoms with Crippen LogP contribution >= 0.6 is 0 Å². The highest BCUT2D eigenvalue weighted by molar-refractivity contribution is 5.98. The summed E-state index contributed by atoms with van der Waals surface area (Å²) in [5.41, 5.74) is 2.39. The fourth-order valence-electron chi connectivity index (χ4n) is 4.30. The largest absolute Gasteiger partial charge is 0.465 e. The Bertz CT molecular complexity index is 1260. The van der Waals surface area contributed by atoms with Crippen LogP contribution in [0.1, 0.15) is 62.6 Å². The molecule has 0 radical (unpaired) electrons. The Hall–Kier alpha value is -4.32. The first-order valence-electron chi connectivity index (χ1n) is 13.0. The molecule has 0 fully saturated rings. The number of pyridine rings is 1. The quantitative estimate of drug-likeness (QED) is 0.396. The van der Waals surface area contributed by atoms with E-state index in [9.17, 15) is 29.1 Å². The molecule has 4 amide bonds. The topological polar surface area (TPSA) is 167 Å². The minimum Gasteiger partial charge on any atom is -0.465 e. The van der Waals surface area contributed by atoms with Gasteiger partial charge in [0, 0.05) is 30.9 Å². The number of hydrogen-bond acceptors (Lipinski definition) is 8. The average molecular weight is 554 g/mol. The number of fused-ring (bicyclic) bond motifs is 2. The van der Waals surface area contributed by atoms with Crippen molar-refractivity contribution in [1.82, 2.24) is 25.8 Å². The number of hydrogen-bond donors (Lipinski definition) is 4. The van der Waals surface area contributed by atoms with Gasteiger partial charge in [-0.05, 0) is 69.0 Å². The monoisotopic (exact) mass is 553 g/mol. The first-order valence-corrected chi connectivity index (χ1v) is 13.0. The number of ether oxygens (including phenoxy) is 1. The lowest BCUT2D eigenvalue weighted by atomic mass is 10.00. The molecule has 1 aromatic heterocycles. The van der Waals surface area contributed by atoms with Crippen molar-refractivity contribution < 1.29 is 33.8 Å². The number of amides is 4. The first kappa shape index (κ1) is 30.2. The average Bonchev–Trinajstić information content (AvgIpc) is 2.92. The van der Waals surface area contributed by atoms with Crippen LogP contribution in [-0.2, 0) is 20.7 Å². The summed E-state index contributed by atoms with van der Waals surface area (Å²) in [5.74, 6) is -2.75. The molecule has 12 nitrogen and oxygen atoms in total. The second kappa shape index (κ2) is 13.7. The van der Waals surface area contributed by atoms with Crippen molar-refractivity contribution in [3.8, 4) is 0 Å². The Morgan fingerprint density at radius 1 is 1.15 bits per heavy atom. The van der Waals surface area contributed by atoms with Crippen LogP contribution in [0.25, 0.3) is 0 Å². The Morgan fingerprint density at radius 3 is 2.55 bits per heavy atom. The van der Waals surface area contributed by atoms with Gasteiger partial charge in [-0.2, -0.15) is 0 Å². The molecule has 3 rings (SSSR count). The van der Waals surface area contributed by atoms with Crippen molar-refractivity contribution in [2.24, 2.45) is 0 Å². The number of rotatable bonds is 3. The van der Waals surface area contributed by atoms with Crippen molar-refractivity contribution in [2.45, 2.75) is 51.8 Å². The zero-order valence-electron chi connectivity index (χ0n) is 23.0. The molecule has 0 saturated carbocycles. The summed E-state index contributed by atoms with van der Waals surface area (Å²) in [6.07, 6.45) is 1.18. The summed E-state index contributed by atoms with van der Waals surface area (Å²) in [7, 11) is 1.23. The van der Waals surface area contributed by atoms with Crippen LogP contribution in [0.2, 0.25) is 0 Å². The van der Waals surface area contributed by atoms with Gasteiger partial charge in [-0.3, -0.25) is 24.2 Å². The molecule has 12 heteroatoms. The number of aliphatic hydroxyl groups excluding tert-OH is 1. The molecule has 0 unspecified atom stereocenters. The zero-order valence-corrected chi connectivity index (χ0v) is 23.0. The van der Waals surface area contributed by atoms with Gasteiger partial charge in [-0.1, -0.05) is 6.07 Å². The molecule has 4 N–H and O–H groups in total. The summed E-state index contributed by atoms with van der Waals surface area (Å²) in [6, 6.07) is 6.03. The van der Waals surface area contributed by atoms with E-state index in [0.717, 1.165) is 11.1 Å². The molecular formula is C28H35N5O7. The standard InChI is InChI=1S/C28H35N5O7/c1-16-7-8-20-12-19(16)6-5-11-29-23(35)15-33(27(38)22-10-9-21(13-30-22)28(39)40-4)14-17(2)31-26(37)24(18(3)34)32-25(20)36/h7-10,12-13,17-18,24,34H,5-6,11,14-15H2,1-4H3,(H,29,35)(H,31,37)(H,32,36)/t17-,18-,24+/m1/s1. The Labute approximate surface area is 232 Å². The number of aromatic nitrogens is 1. The molecule has 2 heterocycles. The summed E-state index contributed by atoms with van der Waals surface area (Å²) >= 11 is 0. The van der Waals surface area contributed by atoms with Gasteiger partial charge in [-0.15, -0.1) is 0 Å². The van der Waals surface area contributed by atoms with Crippen LogP contribution in [0.15, 0.2) is 36.5 Å². The predicted molar refractivity (Wildman–Crippen MR) is 145 cm³/mol. The number of benzene rings is 1. The van der Waals surface area contributed by atoms with E-state index in [1.54, 1.807) is 19.1 Å². The van der Waals surface area contributed by atoms with Gasteiger partial charge < -0.3 is 30.7 Å². The van der Waals surface area contributed by atoms with E-state index < -0.39 is 47.8 Å². The zero-order chi connectivity index (χ0) is 29.4. The number of carbonyl (C=O) groups excluding carboxylic acids is 5. The molecule has 1 aliphatic rings. The van der Waals surface area contributed by atoms with E-state index in [2.05, 4.69) is 25.7 Å². The molecule has 214 valence electrons. The summed E-state index contributed by atoms with van der Waals surface area (Å²) in [5, 5.41) is 18.4. The highest BCUT2D eigenvalue weighted by Gasteiger charge is 2.29.